The molecule has 1 rings (SSSR count). The molecule has 0 saturated heterocycles. The Balaban J connectivity index is 2.79. The third-order valence-corrected chi connectivity index (χ3v) is 4.24. The lowest BCUT2D eigenvalue weighted by Gasteiger charge is -2.14. The van der Waals surface area contributed by atoms with Gasteiger partial charge in [0.15, 0.2) is 0 Å². The first-order valence-electron chi connectivity index (χ1n) is 5.47. The quantitative estimate of drug-likeness (QED) is 0.591. The van der Waals surface area contributed by atoms with Gasteiger partial charge in [0.05, 0.1) is 4.92 Å². The standard InChI is InChI=1S/C12H16FNO2S/c1-8(2)9(3)17-7-10-5-4-6-11(12(10)13)14(15)16/h4-6,8-9H,7H2,1-3H3. The Morgan fingerprint density at radius 3 is 2.59 bits per heavy atom. The van der Waals surface area contributed by atoms with Crippen LogP contribution in [0.4, 0.5) is 10.1 Å². The van der Waals surface area contributed by atoms with Gasteiger partial charge in [-0.1, -0.05) is 32.9 Å². The van der Waals surface area contributed by atoms with Crippen molar-refractivity contribution >= 4 is 17.4 Å². The van der Waals surface area contributed by atoms with Crippen LogP contribution in [-0.4, -0.2) is 10.2 Å². The van der Waals surface area contributed by atoms with Crippen LogP contribution in [0.25, 0.3) is 0 Å². The molecule has 17 heavy (non-hydrogen) atoms. The number of thioether (sulfide) groups is 1. The van der Waals surface area contributed by atoms with Crippen molar-refractivity contribution < 1.29 is 9.31 Å². The lowest BCUT2D eigenvalue weighted by molar-refractivity contribution is -0.387. The fourth-order valence-corrected chi connectivity index (χ4v) is 2.28. The van der Waals surface area contributed by atoms with Crippen molar-refractivity contribution in [2.24, 2.45) is 5.92 Å². The number of rotatable bonds is 5. The smallest absolute Gasteiger partial charge is 0.258 e. The molecule has 0 aliphatic carbocycles. The number of nitro benzene ring substituents is 1. The zero-order chi connectivity index (χ0) is 13.0. The van der Waals surface area contributed by atoms with Gasteiger partial charge in [-0.15, -0.1) is 0 Å². The summed E-state index contributed by atoms with van der Waals surface area (Å²) in [5.74, 6) is 0.259. The molecule has 1 unspecified atom stereocenters. The zero-order valence-corrected chi connectivity index (χ0v) is 11.0. The summed E-state index contributed by atoms with van der Waals surface area (Å²) < 4.78 is 13.7. The Kier molecular flexibility index (Phi) is 4.93. The Morgan fingerprint density at radius 1 is 1.41 bits per heavy atom. The van der Waals surface area contributed by atoms with Crippen LogP contribution in [0.2, 0.25) is 0 Å². The third-order valence-electron chi connectivity index (χ3n) is 2.70. The van der Waals surface area contributed by atoms with Crippen molar-refractivity contribution in [3.63, 3.8) is 0 Å². The predicted molar refractivity (Wildman–Crippen MR) is 68.6 cm³/mol. The average Bonchev–Trinajstić information content (AvgIpc) is 2.26. The molecule has 0 saturated carbocycles. The van der Waals surface area contributed by atoms with E-state index in [0.717, 1.165) is 0 Å². The van der Waals surface area contributed by atoms with Crippen LogP contribution in [0.15, 0.2) is 18.2 Å². The third kappa shape index (κ3) is 3.70. The van der Waals surface area contributed by atoms with Crippen molar-refractivity contribution in [1.29, 1.82) is 0 Å². The number of halogens is 1. The lowest BCUT2D eigenvalue weighted by Crippen LogP contribution is -2.06. The van der Waals surface area contributed by atoms with Crippen LogP contribution in [-0.2, 0) is 5.75 Å². The minimum absolute atomic E-state index is 0.397. The highest BCUT2D eigenvalue weighted by Crippen LogP contribution is 2.27. The first-order chi connectivity index (χ1) is 7.93. The number of nitro groups is 1. The molecule has 1 atom stereocenters. The minimum atomic E-state index is -0.707. The van der Waals surface area contributed by atoms with E-state index in [1.807, 2.05) is 0 Å². The van der Waals surface area contributed by atoms with Gasteiger partial charge in [-0.3, -0.25) is 10.1 Å². The van der Waals surface area contributed by atoms with Crippen LogP contribution < -0.4 is 0 Å². The molecule has 0 heterocycles. The van der Waals surface area contributed by atoms with Crippen molar-refractivity contribution in [3.8, 4) is 0 Å². The molecule has 0 aromatic heterocycles. The van der Waals surface area contributed by atoms with Crippen LogP contribution in [0.3, 0.4) is 0 Å². The van der Waals surface area contributed by atoms with E-state index in [9.17, 15) is 14.5 Å². The van der Waals surface area contributed by atoms with E-state index in [-0.39, 0.29) is 0 Å². The second kappa shape index (κ2) is 6.00. The summed E-state index contributed by atoms with van der Waals surface area (Å²) in [6.07, 6.45) is 0. The Hall–Kier alpha value is -1.10. The second-order valence-corrected chi connectivity index (χ2v) is 5.63. The number of nitrogens with zero attached hydrogens (tertiary/aromatic N) is 1. The monoisotopic (exact) mass is 257 g/mol. The van der Waals surface area contributed by atoms with Crippen LogP contribution in [0.5, 0.6) is 0 Å². The summed E-state index contributed by atoms with van der Waals surface area (Å²) in [6.45, 7) is 6.27. The topological polar surface area (TPSA) is 43.1 Å². The van der Waals surface area contributed by atoms with Gasteiger partial charge in [0.2, 0.25) is 5.82 Å². The first kappa shape index (κ1) is 14.0. The summed E-state index contributed by atoms with van der Waals surface area (Å²) in [4.78, 5) is 9.89. The van der Waals surface area contributed by atoms with E-state index in [1.165, 1.54) is 12.1 Å². The molecule has 0 aliphatic rings. The molecule has 0 amide bonds. The Labute approximate surface area is 105 Å². The Bertz CT molecular complexity index is 409. The van der Waals surface area contributed by atoms with E-state index in [0.29, 0.717) is 22.5 Å². The molecule has 0 bridgehead atoms. The number of hydrogen-bond acceptors (Lipinski definition) is 3. The van der Waals surface area contributed by atoms with Crippen LogP contribution >= 0.6 is 11.8 Å². The predicted octanol–water partition coefficient (Wildman–Crippen LogP) is 4.01. The molecule has 0 N–H and O–H groups in total. The summed E-state index contributed by atoms with van der Waals surface area (Å²) in [7, 11) is 0. The average molecular weight is 257 g/mol. The fourth-order valence-electron chi connectivity index (χ4n) is 1.23. The Morgan fingerprint density at radius 2 is 2.06 bits per heavy atom. The highest BCUT2D eigenvalue weighted by Gasteiger charge is 2.18. The number of benzene rings is 1. The molecular formula is C12H16FNO2S. The molecule has 0 fully saturated rings. The van der Waals surface area contributed by atoms with E-state index in [1.54, 1.807) is 17.8 Å². The number of hydrogen-bond donors (Lipinski definition) is 0. The molecule has 0 radical (unpaired) electrons. The van der Waals surface area contributed by atoms with Gasteiger partial charge in [-0.05, 0) is 5.92 Å². The van der Waals surface area contributed by atoms with Crippen molar-refractivity contribution in [1.82, 2.24) is 0 Å². The minimum Gasteiger partial charge on any atom is -0.258 e. The largest absolute Gasteiger partial charge is 0.305 e. The van der Waals surface area contributed by atoms with Crippen LogP contribution in [0, 0.1) is 21.8 Å². The highest BCUT2D eigenvalue weighted by molar-refractivity contribution is 7.99. The van der Waals surface area contributed by atoms with E-state index < -0.39 is 16.4 Å². The van der Waals surface area contributed by atoms with Gasteiger partial charge >= 0.3 is 5.69 Å². The van der Waals surface area contributed by atoms with Crippen LogP contribution in [0.1, 0.15) is 26.3 Å². The summed E-state index contributed by atoms with van der Waals surface area (Å²) in [5.41, 5.74) is -0.0444. The molecule has 1 aromatic carbocycles. The second-order valence-electron chi connectivity index (χ2n) is 4.27. The van der Waals surface area contributed by atoms with Gasteiger partial charge in [0.25, 0.3) is 0 Å². The van der Waals surface area contributed by atoms with Gasteiger partial charge < -0.3 is 0 Å². The van der Waals surface area contributed by atoms with E-state index >= 15 is 0 Å². The molecule has 5 heteroatoms. The van der Waals surface area contributed by atoms with Gasteiger partial charge in [-0.25, -0.2) is 0 Å². The first-order valence-corrected chi connectivity index (χ1v) is 6.51. The SMILES string of the molecule is CC(C)C(C)SCc1cccc([N+](=O)[O-])c1F. The van der Waals surface area contributed by atoms with E-state index in [4.69, 9.17) is 0 Å². The molecule has 0 aliphatic heterocycles. The van der Waals surface area contributed by atoms with Crippen molar-refractivity contribution in [3.05, 3.63) is 39.7 Å². The summed E-state index contributed by atoms with van der Waals surface area (Å²) in [6, 6.07) is 4.31. The normalized spacial score (nSPS) is 12.8. The molecule has 1 aromatic rings. The summed E-state index contributed by atoms with van der Waals surface area (Å²) >= 11 is 1.61. The molecule has 94 valence electrons. The molecular weight excluding hydrogens is 241 g/mol. The maximum absolute atomic E-state index is 13.7. The van der Waals surface area contributed by atoms with Gasteiger partial charge in [-0.2, -0.15) is 16.2 Å². The van der Waals surface area contributed by atoms with E-state index in [2.05, 4.69) is 20.8 Å². The van der Waals surface area contributed by atoms with Crippen molar-refractivity contribution in [2.75, 3.05) is 0 Å². The maximum Gasteiger partial charge on any atom is 0.305 e. The fraction of sp³-hybridized carbons (Fsp3) is 0.500. The van der Waals surface area contributed by atoms with Crippen molar-refractivity contribution in [2.45, 2.75) is 31.8 Å². The lowest BCUT2D eigenvalue weighted by atomic mass is 10.2. The zero-order valence-electron chi connectivity index (χ0n) is 10.1. The maximum atomic E-state index is 13.7. The van der Waals surface area contributed by atoms with Gasteiger partial charge in [0.1, 0.15) is 0 Å². The molecule has 0 spiro atoms. The molecule has 3 nitrogen and oxygen atoms in total. The summed E-state index contributed by atoms with van der Waals surface area (Å²) in [5, 5.41) is 11.0. The van der Waals surface area contributed by atoms with Gasteiger partial charge in [0, 0.05) is 22.6 Å². The highest BCUT2D eigenvalue weighted by atomic mass is 32.2.